The number of ether oxygens (including phenoxy) is 1. The summed E-state index contributed by atoms with van der Waals surface area (Å²) in [5.41, 5.74) is 0.587. The summed E-state index contributed by atoms with van der Waals surface area (Å²) in [6, 6.07) is 7.98. The van der Waals surface area contributed by atoms with Crippen molar-refractivity contribution in [1.29, 1.82) is 0 Å². The molecule has 1 aromatic rings. The van der Waals surface area contributed by atoms with Crippen LogP contribution in [0.2, 0.25) is 0 Å². The molecule has 0 radical (unpaired) electrons. The Labute approximate surface area is 173 Å². The Morgan fingerprint density at radius 1 is 1.03 bits per heavy atom. The fraction of sp³-hybridized carbons (Fsp3) is 0.636. The van der Waals surface area contributed by atoms with Gasteiger partial charge in [0.05, 0.1) is 7.11 Å². The maximum absolute atomic E-state index is 13.2. The first-order valence-corrected chi connectivity index (χ1v) is 10.8. The standard InChI is InChI=1S/C22H32N4O3/c1-3-24-14-10-22(11-15-24)20(27)26(21(28)23-22)18-8-12-25(13-9-18)16-17-4-6-19(29-2)7-5-17/h4-7,18H,3,8-16H2,1-2H3,(H,23,28). The van der Waals surface area contributed by atoms with Gasteiger partial charge in [-0.15, -0.1) is 0 Å². The van der Waals surface area contributed by atoms with Gasteiger partial charge >= 0.3 is 6.03 Å². The van der Waals surface area contributed by atoms with Gasteiger partial charge in [-0.05, 0) is 49.9 Å². The lowest BCUT2D eigenvalue weighted by atomic mass is 9.87. The number of rotatable bonds is 5. The van der Waals surface area contributed by atoms with E-state index in [0.717, 1.165) is 70.7 Å². The van der Waals surface area contributed by atoms with Crippen molar-refractivity contribution in [2.75, 3.05) is 39.8 Å². The third kappa shape index (κ3) is 3.98. The SMILES string of the molecule is CCN1CCC2(CC1)NC(=O)N(C1CCN(Cc3ccc(OC)cc3)CC1)C2=O. The molecule has 3 amide bonds. The Morgan fingerprint density at radius 3 is 2.28 bits per heavy atom. The van der Waals surface area contributed by atoms with E-state index in [2.05, 4.69) is 34.2 Å². The maximum atomic E-state index is 13.2. The first-order chi connectivity index (χ1) is 14.0. The Morgan fingerprint density at radius 2 is 1.69 bits per heavy atom. The summed E-state index contributed by atoms with van der Waals surface area (Å²) in [4.78, 5) is 32.2. The lowest BCUT2D eigenvalue weighted by Crippen LogP contribution is -2.55. The molecular weight excluding hydrogens is 368 g/mol. The zero-order chi connectivity index (χ0) is 20.4. The Hall–Kier alpha value is -2.12. The van der Waals surface area contributed by atoms with Crippen LogP contribution in [0.5, 0.6) is 5.75 Å². The van der Waals surface area contributed by atoms with Gasteiger partial charge < -0.3 is 15.0 Å². The second-order valence-corrected chi connectivity index (χ2v) is 8.48. The van der Waals surface area contributed by atoms with Gasteiger partial charge in [0.15, 0.2) is 0 Å². The molecule has 3 aliphatic rings. The van der Waals surface area contributed by atoms with Gasteiger partial charge in [0.2, 0.25) is 0 Å². The van der Waals surface area contributed by atoms with E-state index in [1.54, 1.807) is 12.0 Å². The molecule has 3 fully saturated rings. The van der Waals surface area contributed by atoms with Crippen molar-refractivity contribution < 1.29 is 14.3 Å². The zero-order valence-electron chi connectivity index (χ0n) is 17.5. The predicted molar refractivity (Wildman–Crippen MR) is 111 cm³/mol. The molecule has 0 atom stereocenters. The van der Waals surface area contributed by atoms with Crippen molar-refractivity contribution in [2.24, 2.45) is 0 Å². The number of imide groups is 1. The Bertz CT molecular complexity index is 735. The van der Waals surface area contributed by atoms with Crippen molar-refractivity contribution in [3.8, 4) is 5.75 Å². The average molecular weight is 401 g/mol. The third-order valence-electron chi connectivity index (χ3n) is 6.84. The molecule has 0 aliphatic carbocycles. The van der Waals surface area contributed by atoms with Gasteiger partial charge in [-0.2, -0.15) is 0 Å². The molecular formula is C22H32N4O3. The van der Waals surface area contributed by atoms with E-state index in [9.17, 15) is 9.59 Å². The van der Waals surface area contributed by atoms with Gasteiger partial charge in [0.25, 0.3) is 5.91 Å². The Balaban J connectivity index is 1.33. The summed E-state index contributed by atoms with van der Waals surface area (Å²) >= 11 is 0. The first kappa shape index (κ1) is 20.2. The Kier molecular flexibility index (Phi) is 5.79. The van der Waals surface area contributed by atoms with Gasteiger partial charge in [-0.3, -0.25) is 14.6 Å². The molecule has 1 N–H and O–H groups in total. The highest BCUT2D eigenvalue weighted by Gasteiger charge is 2.54. The number of nitrogens with zero attached hydrogens (tertiary/aromatic N) is 3. The molecule has 3 aliphatic heterocycles. The van der Waals surface area contributed by atoms with Crippen LogP contribution in [0.4, 0.5) is 4.79 Å². The number of carbonyl (C=O) groups excluding carboxylic acids is 2. The van der Waals surface area contributed by atoms with Crippen LogP contribution in [0, 0.1) is 0 Å². The zero-order valence-corrected chi connectivity index (χ0v) is 17.5. The largest absolute Gasteiger partial charge is 0.497 e. The molecule has 7 nitrogen and oxygen atoms in total. The molecule has 0 bridgehead atoms. The van der Waals surface area contributed by atoms with Crippen LogP contribution >= 0.6 is 0 Å². The molecule has 0 saturated carbocycles. The van der Waals surface area contributed by atoms with Crippen LogP contribution < -0.4 is 10.1 Å². The number of benzene rings is 1. The second kappa shape index (κ2) is 8.32. The number of methoxy groups -OCH3 is 1. The topological polar surface area (TPSA) is 65.1 Å². The van der Waals surface area contributed by atoms with Crippen molar-refractivity contribution in [2.45, 2.75) is 50.7 Å². The van der Waals surface area contributed by atoms with E-state index < -0.39 is 5.54 Å². The monoisotopic (exact) mass is 400 g/mol. The summed E-state index contributed by atoms with van der Waals surface area (Å²) in [6.07, 6.45) is 3.12. The minimum absolute atomic E-state index is 0.00635. The fourth-order valence-corrected chi connectivity index (χ4v) is 4.89. The summed E-state index contributed by atoms with van der Waals surface area (Å²) in [6.45, 7) is 7.55. The highest BCUT2D eigenvalue weighted by Crippen LogP contribution is 2.32. The second-order valence-electron chi connectivity index (χ2n) is 8.48. The van der Waals surface area contributed by atoms with E-state index in [4.69, 9.17) is 4.74 Å². The number of amides is 3. The molecule has 3 saturated heterocycles. The summed E-state index contributed by atoms with van der Waals surface area (Å²) in [7, 11) is 1.67. The van der Waals surface area contributed by atoms with Crippen LogP contribution in [0.15, 0.2) is 24.3 Å². The summed E-state index contributed by atoms with van der Waals surface area (Å²) in [5.74, 6) is 0.872. The van der Waals surface area contributed by atoms with E-state index in [1.165, 1.54) is 5.56 Å². The molecule has 0 aromatic heterocycles. The first-order valence-electron chi connectivity index (χ1n) is 10.8. The predicted octanol–water partition coefficient (Wildman–Crippen LogP) is 2.07. The molecule has 4 rings (SSSR count). The quantitative estimate of drug-likeness (QED) is 0.767. The molecule has 1 aromatic carbocycles. The van der Waals surface area contributed by atoms with Crippen LogP contribution in [0.25, 0.3) is 0 Å². The number of urea groups is 1. The molecule has 7 heteroatoms. The fourth-order valence-electron chi connectivity index (χ4n) is 4.89. The van der Waals surface area contributed by atoms with Crippen molar-refractivity contribution in [3.05, 3.63) is 29.8 Å². The lowest BCUT2D eigenvalue weighted by molar-refractivity contribution is -0.135. The minimum Gasteiger partial charge on any atom is -0.497 e. The number of piperidine rings is 2. The molecule has 3 heterocycles. The van der Waals surface area contributed by atoms with Crippen molar-refractivity contribution >= 4 is 11.9 Å². The van der Waals surface area contributed by atoms with Crippen molar-refractivity contribution in [1.82, 2.24) is 20.0 Å². The summed E-state index contributed by atoms with van der Waals surface area (Å²) < 4.78 is 5.22. The number of hydrogen-bond donors (Lipinski definition) is 1. The van der Waals surface area contributed by atoms with Crippen LogP contribution in [0.3, 0.4) is 0 Å². The molecule has 0 unspecified atom stereocenters. The highest BCUT2D eigenvalue weighted by atomic mass is 16.5. The van der Waals surface area contributed by atoms with Gasteiger partial charge in [0.1, 0.15) is 11.3 Å². The van der Waals surface area contributed by atoms with E-state index in [1.807, 2.05) is 12.1 Å². The smallest absolute Gasteiger partial charge is 0.325 e. The average Bonchev–Trinajstić information content (AvgIpc) is 2.99. The maximum Gasteiger partial charge on any atom is 0.325 e. The van der Waals surface area contributed by atoms with Crippen LogP contribution in [-0.4, -0.2) is 78.1 Å². The molecule has 1 spiro atoms. The van der Waals surface area contributed by atoms with Crippen molar-refractivity contribution in [3.63, 3.8) is 0 Å². The van der Waals surface area contributed by atoms with Gasteiger partial charge in [0, 0.05) is 38.8 Å². The minimum atomic E-state index is -0.664. The van der Waals surface area contributed by atoms with Crippen LogP contribution in [-0.2, 0) is 11.3 Å². The van der Waals surface area contributed by atoms with E-state index in [0.29, 0.717) is 0 Å². The number of likely N-dealkylation sites (tertiary alicyclic amines) is 2. The molecule has 158 valence electrons. The normalized spacial score (nSPS) is 23.6. The van der Waals surface area contributed by atoms with Crippen LogP contribution in [0.1, 0.15) is 38.2 Å². The summed E-state index contributed by atoms with van der Waals surface area (Å²) in [5, 5.41) is 3.06. The van der Waals surface area contributed by atoms with E-state index >= 15 is 0 Å². The number of nitrogens with one attached hydrogen (secondary N) is 1. The number of carbonyl (C=O) groups is 2. The van der Waals surface area contributed by atoms with E-state index in [-0.39, 0.29) is 18.0 Å². The third-order valence-corrected chi connectivity index (χ3v) is 6.84. The van der Waals surface area contributed by atoms with Gasteiger partial charge in [-0.1, -0.05) is 19.1 Å². The number of hydrogen-bond acceptors (Lipinski definition) is 5. The molecule has 29 heavy (non-hydrogen) atoms. The lowest BCUT2D eigenvalue weighted by Gasteiger charge is -2.38. The highest BCUT2D eigenvalue weighted by molar-refractivity contribution is 6.07. The van der Waals surface area contributed by atoms with Gasteiger partial charge in [-0.25, -0.2) is 4.79 Å².